The molecule has 0 bridgehead atoms. The Bertz CT molecular complexity index is 481. The van der Waals surface area contributed by atoms with Crippen LogP contribution in [0.5, 0.6) is 0 Å². The number of hydrogen-bond acceptors (Lipinski definition) is 1. The van der Waals surface area contributed by atoms with E-state index >= 15 is 0 Å². The van der Waals surface area contributed by atoms with Crippen LogP contribution in [-0.4, -0.2) is 10.2 Å². The van der Waals surface area contributed by atoms with Gasteiger partial charge in [0.2, 0.25) is 0 Å². The molecule has 2 rings (SSSR count). The van der Waals surface area contributed by atoms with Crippen LogP contribution in [0, 0.1) is 20.8 Å². The third-order valence-corrected chi connectivity index (χ3v) is 2.83. The molecule has 0 aliphatic carbocycles. The van der Waals surface area contributed by atoms with Crippen molar-refractivity contribution in [3.05, 3.63) is 40.2 Å². The zero-order valence-electron chi connectivity index (χ0n) is 9.06. The van der Waals surface area contributed by atoms with Crippen molar-refractivity contribution in [1.82, 2.24) is 10.2 Å². The highest BCUT2D eigenvalue weighted by Crippen LogP contribution is 2.32. The molecule has 0 unspecified atom stereocenters. The van der Waals surface area contributed by atoms with Gasteiger partial charge in [-0.25, -0.2) is 0 Å². The predicted octanol–water partition coefficient (Wildman–Crippen LogP) is 3.66. The summed E-state index contributed by atoms with van der Waals surface area (Å²) < 4.78 is 0. The minimum atomic E-state index is 0.780. The van der Waals surface area contributed by atoms with E-state index in [9.17, 15) is 0 Å². The van der Waals surface area contributed by atoms with Gasteiger partial charge in [0.1, 0.15) is 0 Å². The molecule has 0 fully saturated rings. The molecule has 1 aromatic carbocycles. The molecule has 0 saturated heterocycles. The summed E-state index contributed by atoms with van der Waals surface area (Å²) >= 11 is 6.22. The van der Waals surface area contributed by atoms with Crippen molar-refractivity contribution >= 4 is 11.6 Å². The van der Waals surface area contributed by atoms with Crippen LogP contribution in [0.2, 0.25) is 5.02 Å². The fraction of sp³-hybridized carbons (Fsp3) is 0.250. The molecule has 2 aromatic rings. The van der Waals surface area contributed by atoms with E-state index in [0.29, 0.717) is 0 Å². The van der Waals surface area contributed by atoms with Gasteiger partial charge >= 0.3 is 0 Å². The van der Waals surface area contributed by atoms with Gasteiger partial charge in [-0.2, -0.15) is 5.10 Å². The number of nitrogens with zero attached hydrogens (tertiary/aromatic N) is 1. The molecule has 1 N–H and O–H groups in total. The number of rotatable bonds is 1. The Morgan fingerprint density at radius 3 is 2.47 bits per heavy atom. The molecular formula is C12H13ClN2. The second-order valence-corrected chi connectivity index (χ2v) is 4.20. The molecular weight excluding hydrogens is 208 g/mol. The lowest BCUT2D eigenvalue weighted by atomic mass is 10.0. The first-order valence-corrected chi connectivity index (χ1v) is 5.25. The Hall–Kier alpha value is -1.28. The fourth-order valence-corrected chi connectivity index (χ4v) is 2.10. The summed E-state index contributed by atoms with van der Waals surface area (Å²) in [5.41, 5.74) is 5.37. The van der Waals surface area contributed by atoms with Gasteiger partial charge in [-0.15, -0.1) is 0 Å². The first kappa shape index (κ1) is 10.2. The fourth-order valence-electron chi connectivity index (χ4n) is 1.77. The highest BCUT2D eigenvalue weighted by Gasteiger charge is 2.11. The van der Waals surface area contributed by atoms with Crippen LogP contribution in [0.4, 0.5) is 0 Å². The summed E-state index contributed by atoms with van der Waals surface area (Å²) in [6, 6.07) is 6.08. The van der Waals surface area contributed by atoms with Crippen molar-refractivity contribution in [3.63, 3.8) is 0 Å². The molecule has 0 aliphatic heterocycles. The number of halogens is 1. The van der Waals surface area contributed by atoms with Crippen molar-refractivity contribution in [2.45, 2.75) is 20.8 Å². The Morgan fingerprint density at radius 1 is 1.20 bits per heavy atom. The summed E-state index contributed by atoms with van der Waals surface area (Å²) in [7, 11) is 0. The van der Waals surface area contributed by atoms with Crippen molar-refractivity contribution in [2.24, 2.45) is 0 Å². The van der Waals surface area contributed by atoms with Gasteiger partial charge in [-0.1, -0.05) is 23.7 Å². The molecule has 3 heteroatoms. The summed E-state index contributed by atoms with van der Waals surface area (Å²) in [6.07, 6.45) is 0. The molecule has 0 radical (unpaired) electrons. The summed E-state index contributed by atoms with van der Waals surface area (Å²) in [4.78, 5) is 0. The monoisotopic (exact) mass is 220 g/mol. The summed E-state index contributed by atoms with van der Waals surface area (Å²) in [5.74, 6) is 0. The van der Waals surface area contributed by atoms with Crippen LogP contribution in [0.3, 0.4) is 0 Å². The van der Waals surface area contributed by atoms with Crippen LogP contribution in [0.25, 0.3) is 11.1 Å². The largest absolute Gasteiger partial charge is 0.282 e. The van der Waals surface area contributed by atoms with Gasteiger partial charge in [0.25, 0.3) is 0 Å². The minimum absolute atomic E-state index is 0.780. The van der Waals surface area contributed by atoms with Gasteiger partial charge in [-0.3, -0.25) is 5.10 Å². The number of aromatic amines is 1. The number of nitrogens with one attached hydrogen (secondary N) is 1. The lowest BCUT2D eigenvalue weighted by molar-refractivity contribution is 1.02. The second-order valence-electron chi connectivity index (χ2n) is 3.79. The van der Waals surface area contributed by atoms with Crippen LogP contribution in [-0.2, 0) is 0 Å². The highest BCUT2D eigenvalue weighted by atomic mass is 35.5. The first-order valence-electron chi connectivity index (χ1n) is 4.87. The lowest BCUT2D eigenvalue weighted by Crippen LogP contribution is -1.84. The molecule has 0 saturated carbocycles. The summed E-state index contributed by atoms with van der Waals surface area (Å²) in [5, 5.41) is 7.92. The molecule has 0 spiro atoms. The maximum Gasteiger partial charge on any atom is 0.0672 e. The summed E-state index contributed by atoms with van der Waals surface area (Å²) in [6.45, 7) is 6.02. The number of H-pyrrole nitrogens is 1. The molecule has 0 amide bonds. The van der Waals surface area contributed by atoms with Gasteiger partial charge in [0, 0.05) is 21.8 Å². The Kier molecular flexibility index (Phi) is 2.53. The normalized spacial score (nSPS) is 10.7. The number of hydrogen-bond donors (Lipinski definition) is 1. The van der Waals surface area contributed by atoms with E-state index in [2.05, 4.69) is 16.3 Å². The van der Waals surface area contributed by atoms with Crippen molar-refractivity contribution in [1.29, 1.82) is 0 Å². The predicted molar refractivity (Wildman–Crippen MR) is 63.2 cm³/mol. The Labute approximate surface area is 94.3 Å². The molecule has 78 valence electrons. The SMILES string of the molecule is Cc1ccc(-c2c(C)n[nH]c2C)c(Cl)c1. The van der Waals surface area contributed by atoms with E-state index in [-0.39, 0.29) is 0 Å². The Balaban J connectivity index is 2.64. The van der Waals surface area contributed by atoms with Gasteiger partial charge < -0.3 is 0 Å². The van der Waals surface area contributed by atoms with E-state index in [1.54, 1.807) is 0 Å². The second kappa shape index (κ2) is 3.70. The number of aryl methyl sites for hydroxylation is 3. The Morgan fingerprint density at radius 2 is 1.93 bits per heavy atom. The quantitative estimate of drug-likeness (QED) is 0.781. The van der Waals surface area contributed by atoms with E-state index in [0.717, 1.165) is 27.5 Å². The van der Waals surface area contributed by atoms with E-state index in [1.807, 2.05) is 32.9 Å². The highest BCUT2D eigenvalue weighted by molar-refractivity contribution is 6.33. The third-order valence-electron chi connectivity index (χ3n) is 2.52. The van der Waals surface area contributed by atoms with Crippen LogP contribution in [0.1, 0.15) is 17.0 Å². The van der Waals surface area contributed by atoms with Crippen LogP contribution in [0.15, 0.2) is 18.2 Å². The number of aromatic nitrogens is 2. The average molecular weight is 221 g/mol. The molecule has 1 heterocycles. The molecule has 1 aromatic heterocycles. The average Bonchev–Trinajstić information content (AvgIpc) is 2.48. The van der Waals surface area contributed by atoms with Crippen molar-refractivity contribution in [2.75, 3.05) is 0 Å². The standard InChI is InChI=1S/C12H13ClN2/c1-7-4-5-10(11(13)6-7)12-8(2)14-15-9(12)3/h4-6H,1-3H3,(H,14,15). The van der Waals surface area contributed by atoms with E-state index in [1.165, 1.54) is 5.56 Å². The van der Waals surface area contributed by atoms with Crippen molar-refractivity contribution < 1.29 is 0 Å². The van der Waals surface area contributed by atoms with Gasteiger partial charge in [-0.05, 0) is 32.4 Å². The van der Waals surface area contributed by atoms with E-state index in [4.69, 9.17) is 11.6 Å². The molecule has 2 nitrogen and oxygen atoms in total. The van der Waals surface area contributed by atoms with Crippen LogP contribution >= 0.6 is 11.6 Å². The lowest BCUT2D eigenvalue weighted by Gasteiger charge is -2.05. The zero-order valence-corrected chi connectivity index (χ0v) is 9.81. The first-order chi connectivity index (χ1) is 7.09. The third kappa shape index (κ3) is 1.77. The topological polar surface area (TPSA) is 28.7 Å². The van der Waals surface area contributed by atoms with Gasteiger partial charge in [0.15, 0.2) is 0 Å². The maximum atomic E-state index is 6.22. The number of benzene rings is 1. The van der Waals surface area contributed by atoms with Crippen LogP contribution < -0.4 is 0 Å². The minimum Gasteiger partial charge on any atom is -0.282 e. The molecule has 15 heavy (non-hydrogen) atoms. The molecule has 0 atom stereocenters. The van der Waals surface area contributed by atoms with Crippen molar-refractivity contribution in [3.8, 4) is 11.1 Å². The van der Waals surface area contributed by atoms with Gasteiger partial charge in [0.05, 0.1) is 5.69 Å². The van der Waals surface area contributed by atoms with E-state index < -0.39 is 0 Å². The smallest absolute Gasteiger partial charge is 0.0672 e. The molecule has 0 aliphatic rings. The maximum absolute atomic E-state index is 6.22. The zero-order chi connectivity index (χ0) is 11.0.